The first kappa shape index (κ1) is 10.5. The third-order valence-corrected chi connectivity index (χ3v) is 4.36. The van der Waals surface area contributed by atoms with E-state index < -0.39 is 0 Å². The molecule has 14 heavy (non-hydrogen) atoms. The first-order chi connectivity index (χ1) is 6.90. The summed E-state index contributed by atoms with van der Waals surface area (Å²) >= 11 is 0. The quantitative estimate of drug-likeness (QED) is 0.712. The molecule has 0 radical (unpaired) electrons. The Balaban J connectivity index is 1.76. The monoisotopic (exact) mass is 195 g/mol. The Labute approximate surface area is 88.7 Å². The maximum Gasteiger partial charge on any atom is 0.00646 e. The minimum absolute atomic E-state index is 0.829. The summed E-state index contributed by atoms with van der Waals surface area (Å²) in [6.07, 6.45) is 11.8. The number of hydrogen-bond donors (Lipinski definition) is 1. The number of rotatable bonds is 2. The number of hydrogen-bond acceptors (Lipinski definition) is 1. The van der Waals surface area contributed by atoms with Crippen LogP contribution in [0.4, 0.5) is 0 Å². The van der Waals surface area contributed by atoms with Gasteiger partial charge < -0.3 is 5.32 Å². The molecule has 0 aromatic heterocycles. The van der Waals surface area contributed by atoms with Gasteiger partial charge >= 0.3 is 0 Å². The van der Waals surface area contributed by atoms with Crippen molar-refractivity contribution in [3.63, 3.8) is 0 Å². The van der Waals surface area contributed by atoms with Gasteiger partial charge in [-0.2, -0.15) is 0 Å². The highest BCUT2D eigenvalue weighted by Crippen LogP contribution is 2.34. The van der Waals surface area contributed by atoms with Crippen molar-refractivity contribution in [1.29, 1.82) is 0 Å². The van der Waals surface area contributed by atoms with Gasteiger partial charge in [0, 0.05) is 6.04 Å². The predicted octanol–water partition coefficient (Wildman–Crippen LogP) is 3.34. The highest BCUT2D eigenvalue weighted by atomic mass is 14.9. The topological polar surface area (TPSA) is 12.0 Å². The molecule has 2 atom stereocenters. The van der Waals surface area contributed by atoms with Crippen molar-refractivity contribution in [3.05, 3.63) is 0 Å². The van der Waals surface area contributed by atoms with E-state index in [2.05, 4.69) is 12.2 Å². The summed E-state index contributed by atoms with van der Waals surface area (Å²) in [7, 11) is 0. The second-order valence-electron chi connectivity index (χ2n) is 5.25. The van der Waals surface area contributed by atoms with Gasteiger partial charge in [0.25, 0.3) is 0 Å². The first-order valence-electron chi connectivity index (χ1n) is 6.63. The van der Waals surface area contributed by atoms with E-state index in [-0.39, 0.29) is 0 Å². The molecule has 0 amide bonds. The molecule has 1 saturated heterocycles. The van der Waals surface area contributed by atoms with E-state index in [1.54, 1.807) is 0 Å². The lowest BCUT2D eigenvalue weighted by Gasteiger charge is -2.36. The fourth-order valence-electron chi connectivity index (χ4n) is 3.29. The van der Waals surface area contributed by atoms with Gasteiger partial charge in [-0.05, 0) is 37.6 Å². The molecule has 1 nitrogen and oxygen atoms in total. The van der Waals surface area contributed by atoms with Gasteiger partial charge in [-0.15, -0.1) is 0 Å². The van der Waals surface area contributed by atoms with Crippen LogP contribution in [0.3, 0.4) is 0 Å². The van der Waals surface area contributed by atoms with E-state index in [1.807, 2.05) is 0 Å². The lowest BCUT2D eigenvalue weighted by molar-refractivity contribution is 0.185. The van der Waals surface area contributed by atoms with E-state index in [0.29, 0.717) is 0 Å². The largest absolute Gasteiger partial charge is 0.314 e. The highest BCUT2D eigenvalue weighted by molar-refractivity contribution is 4.82. The summed E-state index contributed by atoms with van der Waals surface area (Å²) in [5.74, 6) is 2.08. The normalized spacial score (nSPS) is 35.8. The van der Waals surface area contributed by atoms with Crippen LogP contribution in [-0.2, 0) is 0 Å². The van der Waals surface area contributed by atoms with Gasteiger partial charge in [0.15, 0.2) is 0 Å². The van der Waals surface area contributed by atoms with Crippen LogP contribution < -0.4 is 5.32 Å². The summed E-state index contributed by atoms with van der Waals surface area (Å²) in [5.41, 5.74) is 0. The van der Waals surface area contributed by atoms with Crippen molar-refractivity contribution in [2.24, 2.45) is 11.8 Å². The molecule has 1 saturated carbocycles. The summed E-state index contributed by atoms with van der Waals surface area (Å²) in [5, 5.41) is 3.72. The molecule has 1 aliphatic heterocycles. The Bertz CT molecular complexity index is 153. The molecular weight excluding hydrogens is 170 g/mol. The Kier molecular flexibility index (Phi) is 3.86. The lowest BCUT2D eigenvalue weighted by atomic mass is 9.76. The van der Waals surface area contributed by atoms with Crippen molar-refractivity contribution >= 4 is 0 Å². The zero-order valence-electron chi connectivity index (χ0n) is 9.60. The van der Waals surface area contributed by atoms with Gasteiger partial charge in [-0.1, -0.05) is 39.0 Å². The average Bonchev–Trinajstić information content (AvgIpc) is 2.30. The molecule has 1 N–H and O–H groups in total. The van der Waals surface area contributed by atoms with Crippen molar-refractivity contribution in [2.45, 2.75) is 64.3 Å². The molecule has 1 heteroatoms. The third-order valence-electron chi connectivity index (χ3n) is 4.36. The zero-order chi connectivity index (χ0) is 9.80. The van der Waals surface area contributed by atoms with Crippen molar-refractivity contribution in [1.82, 2.24) is 5.32 Å². The van der Waals surface area contributed by atoms with E-state index in [4.69, 9.17) is 0 Å². The Morgan fingerprint density at radius 3 is 2.29 bits per heavy atom. The predicted molar refractivity (Wildman–Crippen MR) is 61.4 cm³/mol. The van der Waals surface area contributed by atoms with E-state index >= 15 is 0 Å². The van der Waals surface area contributed by atoms with Crippen LogP contribution in [0.5, 0.6) is 0 Å². The van der Waals surface area contributed by atoms with Gasteiger partial charge in [0.05, 0.1) is 0 Å². The molecule has 2 rings (SSSR count). The van der Waals surface area contributed by atoms with Gasteiger partial charge in [0.2, 0.25) is 0 Å². The minimum Gasteiger partial charge on any atom is -0.314 e. The summed E-state index contributed by atoms with van der Waals surface area (Å²) in [6, 6.07) is 0.829. The molecule has 0 bridgehead atoms. The smallest absolute Gasteiger partial charge is 0.00646 e. The van der Waals surface area contributed by atoms with Crippen LogP contribution in [0.2, 0.25) is 0 Å². The Hall–Kier alpha value is -0.0400. The first-order valence-corrected chi connectivity index (χ1v) is 6.63. The van der Waals surface area contributed by atoms with Crippen LogP contribution in [0.1, 0.15) is 58.3 Å². The summed E-state index contributed by atoms with van der Waals surface area (Å²) in [4.78, 5) is 0. The fraction of sp³-hybridized carbons (Fsp3) is 1.00. The molecule has 2 unspecified atom stereocenters. The summed E-state index contributed by atoms with van der Waals surface area (Å²) in [6.45, 7) is 3.61. The van der Waals surface area contributed by atoms with Crippen molar-refractivity contribution in [2.75, 3.05) is 6.54 Å². The average molecular weight is 195 g/mol. The fourth-order valence-corrected chi connectivity index (χ4v) is 3.29. The maximum atomic E-state index is 3.72. The Morgan fingerprint density at radius 2 is 1.71 bits per heavy atom. The van der Waals surface area contributed by atoms with Crippen LogP contribution >= 0.6 is 0 Å². The third kappa shape index (κ3) is 2.50. The second-order valence-corrected chi connectivity index (χ2v) is 5.25. The Morgan fingerprint density at radius 1 is 0.929 bits per heavy atom. The summed E-state index contributed by atoms with van der Waals surface area (Å²) < 4.78 is 0. The van der Waals surface area contributed by atoms with E-state index in [0.717, 1.165) is 17.9 Å². The number of piperidine rings is 1. The van der Waals surface area contributed by atoms with Crippen LogP contribution in [0, 0.1) is 11.8 Å². The number of nitrogens with one attached hydrogen (secondary N) is 1. The molecule has 2 aliphatic rings. The molecular formula is C13H25N. The molecule has 0 aromatic rings. The van der Waals surface area contributed by atoms with Crippen LogP contribution in [0.15, 0.2) is 0 Å². The van der Waals surface area contributed by atoms with Gasteiger partial charge in [-0.25, -0.2) is 0 Å². The zero-order valence-corrected chi connectivity index (χ0v) is 9.60. The molecule has 0 aromatic carbocycles. The lowest BCUT2D eigenvalue weighted by Crippen LogP contribution is -2.41. The standard InChI is InChI=1S/C13H25N/c1-2-13-9-8-12(10-14-13)11-6-4-3-5-7-11/h11-14H,2-10H2,1H3. The van der Waals surface area contributed by atoms with E-state index in [1.165, 1.54) is 57.9 Å². The van der Waals surface area contributed by atoms with Crippen LogP contribution in [0.25, 0.3) is 0 Å². The maximum absolute atomic E-state index is 3.72. The molecule has 1 aliphatic carbocycles. The molecule has 0 spiro atoms. The molecule has 82 valence electrons. The molecule has 1 heterocycles. The molecule has 2 fully saturated rings. The minimum atomic E-state index is 0.829. The highest BCUT2D eigenvalue weighted by Gasteiger charge is 2.27. The van der Waals surface area contributed by atoms with Crippen molar-refractivity contribution in [3.8, 4) is 0 Å². The van der Waals surface area contributed by atoms with Gasteiger partial charge in [0.1, 0.15) is 0 Å². The van der Waals surface area contributed by atoms with Crippen LogP contribution in [-0.4, -0.2) is 12.6 Å². The van der Waals surface area contributed by atoms with E-state index in [9.17, 15) is 0 Å². The van der Waals surface area contributed by atoms with Crippen molar-refractivity contribution < 1.29 is 0 Å². The second kappa shape index (κ2) is 5.16. The SMILES string of the molecule is CCC1CCC(C2CCCCC2)CN1. The van der Waals surface area contributed by atoms with Gasteiger partial charge in [-0.3, -0.25) is 0 Å².